The van der Waals surface area contributed by atoms with E-state index in [-0.39, 0.29) is 17.2 Å². The number of hydrogen-bond acceptors (Lipinski definition) is 5. The lowest BCUT2D eigenvalue weighted by Gasteiger charge is -2.15. The number of aryl methyl sites for hydroxylation is 1. The highest BCUT2D eigenvalue weighted by Crippen LogP contribution is 2.42. The molecule has 1 aromatic heterocycles. The molecule has 180 valence electrons. The molecule has 0 spiro atoms. The van der Waals surface area contributed by atoms with Gasteiger partial charge in [-0.2, -0.15) is 9.78 Å². The predicted molar refractivity (Wildman–Crippen MR) is 148 cm³/mol. The van der Waals surface area contributed by atoms with E-state index in [4.69, 9.17) is 44.3 Å². The topological polar surface area (TPSA) is 65.7 Å². The van der Waals surface area contributed by atoms with E-state index in [1.807, 2.05) is 6.07 Å². The first-order valence-electron chi connectivity index (χ1n) is 10.1. The lowest BCUT2D eigenvalue weighted by molar-refractivity contribution is 0.284. The molecule has 11 heteroatoms. The van der Waals surface area contributed by atoms with Gasteiger partial charge in [-0.1, -0.05) is 56.8 Å². The first-order valence-corrected chi connectivity index (χ1v) is 12.8. The average molecular weight is 661 g/mol. The number of hydrogen-bond donors (Lipinski definition) is 0. The third-order valence-corrected chi connectivity index (χ3v) is 7.57. The molecule has 0 saturated carbocycles. The standard InChI is InChI=1S/C24H16Br2Cl3N3O3/c1-12-31-19-6-4-15(25)8-17(19)24(33)32(12)30-10-14-7-20(34-2)23(22(29)21(14)26)35-11-13-3-5-16(27)9-18(13)28/h3-10H,11H2,1-2H3. The van der Waals surface area contributed by atoms with Crippen LogP contribution >= 0.6 is 66.7 Å². The van der Waals surface area contributed by atoms with Crippen molar-refractivity contribution in [1.82, 2.24) is 9.66 Å². The molecular formula is C24H16Br2Cl3N3O3. The molecule has 0 saturated heterocycles. The van der Waals surface area contributed by atoms with Crippen LogP contribution in [0.1, 0.15) is 17.0 Å². The van der Waals surface area contributed by atoms with E-state index >= 15 is 0 Å². The second-order valence-corrected chi connectivity index (χ2v) is 10.3. The van der Waals surface area contributed by atoms with Gasteiger partial charge in [-0.3, -0.25) is 4.79 Å². The fraction of sp³-hybridized carbons (Fsp3) is 0.125. The Kier molecular flexibility index (Phi) is 8.08. The van der Waals surface area contributed by atoms with Gasteiger partial charge in [0.05, 0.1) is 24.2 Å². The van der Waals surface area contributed by atoms with Crippen molar-refractivity contribution in [3.05, 3.63) is 93.8 Å². The van der Waals surface area contributed by atoms with Crippen LogP contribution in [0.15, 0.2) is 61.3 Å². The van der Waals surface area contributed by atoms with Crippen LogP contribution in [0.2, 0.25) is 15.1 Å². The molecule has 0 unspecified atom stereocenters. The van der Waals surface area contributed by atoms with E-state index < -0.39 is 0 Å². The van der Waals surface area contributed by atoms with E-state index in [0.29, 0.717) is 48.3 Å². The highest BCUT2D eigenvalue weighted by atomic mass is 79.9. The Labute approximate surface area is 232 Å². The normalized spacial score (nSPS) is 11.4. The molecule has 4 rings (SSSR count). The van der Waals surface area contributed by atoms with Crippen LogP contribution in [0.4, 0.5) is 0 Å². The zero-order valence-electron chi connectivity index (χ0n) is 18.3. The molecule has 35 heavy (non-hydrogen) atoms. The second-order valence-electron chi connectivity index (χ2n) is 7.33. The molecule has 0 aliphatic rings. The molecule has 0 bridgehead atoms. The maximum atomic E-state index is 13.0. The number of nitrogens with zero attached hydrogens (tertiary/aromatic N) is 3. The zero-order chi connectivity index (χ0) is 25.3. The van der Waals surface area contributed by atoms with Crippen molar-refractivity contribution in [2.24, 2.45) is 5.10 Å². The van der Waals surface area contributed by atoms with Crippen LogP contribution in [0.25, 0.3) is 10.9 Å². The third kappa shape index (κ3) is 5.52. The number of benzene rings is 3. The lowest BCUT2D eigenvalue weighted by atomic mass is 10.2. The average Bonchev–Trinajstić information content (AvgIpc) is 2.82. The summed E-state index contributed by atoms with van der Waals surface area (Å²) < 4.78 is 14.0. The zero-order valence-corrected chi connectivity index (χ0v) is 23.7. The Morgan fingerprint density at radius 2 is 1.89 bits per heavy atom. The number of ether oxygens (including phenoxy) is 2. The number of fused-ring (bicyclic) bond motifs is 1. The summed E-state index contributed by atoms with van der Waals surface area (Å²) >= 11 is 25.7. The summed E-state index contributed by atoms with van der Waals surface area (Å²) in [5, 5.41) is 6.10. The lowest BCUT2D eigenvalue weighted by Crippen LogP contribution is -2.20. The van der Waals surface area contributed by atoms with Crippen molar-refractivity contribution in [3.63, 3.8) is 0 Å². The van der Waals surface area contributed by atoms with E-state index in [1.165, 1.54) is 18.0 Å². The third-order valence-electron chi connectivity index (χ3n) is 5.05. The minimum absolute atomic E-state index is 0.152. The summed E-state index contributed by atoms with van der Waals surface area (Å²) in [6.45, 7) is 1.86. The van der Waals surface area contributed by atoms with Crippen LogP contribution < -0.4 is 15.0 Å². The first kappa shape index (κ1) is 26.0. The van der Waals surface area contributed by atoms with Crippen molar-refractivity contribution in [3.8, 4) is 11.5 Å². The summed E-state index contributed by atoms with van der Waals surface area (Å²) in [5.74, 6) is 1.15. The van der Waals surface area contributed by atoms with Crippen LogP contribution in [0.3, 0.4) is 0 Å². The molecule has 0 aliphatic carbocycles. The van der Waals surface area contributed by atoms with Gasteiger partial charge in [0.1, 0.15) is 17.5 Å². The van der Waals surface area contributed by atoms with Gasteiger partial charge in [-0.25, -0.2) is 4.98 Å². The molecule has 3 aromatic carbocycles. The van der Waals surface area contributed by atoms with Crippen LogP contribution in [-0.4, -0.2) is 23.0 Å². The number of aromatic nitrogens is 2. The fourth-order valence-corrected chi connectivity index (χ4v) is 4.77. The highest BCUT2D eigenvalue weighted by molar-refractivity contribution is 9.10. The van der Waals surface area contributed by atoms with E-state index in [0.717, 1.165) is 10.0 Å². The van der Waals surface area contributed by atoms with Crippen LogP contribution in [-0.2, 0) is 6.61 Å². The SMILES string of the molecule is COc1cc(C=Nn2c(C)nc3ccc(Br)cc3c2=O)c(Br)c(Cl)c1OCc1ccc(Cl)cc1Cl. The van der Waals surface area contributed by atoms with Crippen molar-refractivity contribution in [1.29, 1.82) is 0 Å². The van der Waals surface area contributed by atoms with E-state index in [1.54, 1.807) is 43.3 Å². The van der Waals surface area contributed by atoms with E-state index in [2.05, 4.69) is 41.9 Å². The summed E-state index contributed by atoms with van der Waals surface area (Å²) in [4.78, 5) is 17.5. The van der Waals surface area contributed by atoms with Gasteiger partial charge in [-0.15, -0.1) is 0 Å². The summed E-state index contributed by atoms with van der Waals surface area (Å²) in [7, 11) is 1.50. The molecule has 6 nitrogen and oxygen atoms in total. The first-order chi connectivity index (χ1) is 16.7. The molecule has 0 atom stereocenters. The van der Waals surface area contributed by atoms with Crippen molar-refractivity contribution < 1.29 is 9.47 Å². The van der Waals surface area contributed by atoms with Crippen molar-refractivity contribution in [2.75, 3.05) is 7.11 Å². The maximum Gasteiger partial charge on any atom is 0.282 e. The van der Waals surface area contributed by atoms with Gasteiger partial charge in [0, 0.05) is 30.1 Å². The van der Waals surface area contributed by atoms with Gasteiger partial charge >= 0.3 is 0 Å². The Morgan fingerprint density at radius 1 is 1.11 bits per heavy atom. The Hall–Kier alpha value is -2.10. The Balaban J connectivity index is 1.69. The van der Waals surface area contributed by atoms with E-state index in [9.17, 15) is 4.79 Å². The molecular weight excluding hydrogens is 644 g/mol. The molecule has 4 aromatic rings. The Bertz CT molecular complexity index is 1540. The molecule has 0 radical (unpaired) electrons. The smallest absolute Gasteiger partial charge is 0.282 e. The molecule has 1 heterocycles. The number of methoxy groups -OCH3 is 1. The van der Waals surface area contributed by atoms with Crippen molar-refractivity contribution >= 4 is 83.8 Å². The highest BCUT2D eigenvalue weighted by Gasteiger charge is 2.18. The molecule has 0 amide bonds. The second kappa shape index (κ2) is 10.9. The van der Waals surface area contributed by atoms with Gasteiger partial charge < -0.3 is 9.47 Å². The number of rotatable bonds is 6. The summed E-state index contributed by atoms with van der Waals surface area (Å²) in [5.41, 5.74) is 1.61. The maximum absolute atomic E-state index is 13.0. The predicted octanol–water partition coefficient (Wildman–Crippen LogP) is 7.66. The minimum atomic E-state index is -0.293. The van der Waals surface area contributed by atoms with Crippen LogP contribution in [0, 0.1) is 6.92 Å². The van der Waals surface area contributed by atoms with Gasteiger partial charge in [0.25, 0.3) is 5.56 Å². The largest absolute Gasteiger partial charge is 0.493 e. The monoisotopic (exact) mass is 657 g/mol. The summed E-state index contributed by atoms with van der Waals surface area (Å²) in [6, 6.07) is 12.2. The van der Waals surface area contributed by atoms with Crippen molar-refractivity contribution in [2.45, 2.75) is 13.5 Å². The summed E-state index contributed by atoms with van der Waals surface area (Å²) in [6.07, 6.45) is 1.50. The quantitative estimate of drug-likeness (QED) is 0.199. The molecule has 0 aliphatic heterocycles. The van der Waals surface area contributed by atoms with Crippen LogP contribution in [0.5, 0.6) is 11.5 Å². The fourth-order valence-electron chi connectivity index (χ4n) is 3.29. The minimum Gasteiger partial charge on any atom is -0.493 e. The van der Waals surface area contributed by atoms with Gasteiger partial charge in [0.15, 0.2) is 11.5 Å². The Morgan fingerprint density at radius 3 is 2.60 bits per heavy atom. The van der Waals surface area contributed by atoms with Gasteiger partial charge in [-0.05, 0) is 59.3 Å². The molecule has 0 N–H and O–H groups in total. The molecule has 0 fully saturated rings. The van der Waals surface area contributed by atoms with Gasteiger partial charge in [0.2, 0.25) is 0 Å². The number of halogens is 5.